The monoisotopic (exact) mass is 261 g/mol. The number of nitrogens with zero attached hydrogens (tertiary/aromatic N) is 2. The molecule has 1 aliphatic heterocycles. The molecule has 1 aromatic heterocycles. The molecule has 3 rings (SSSR count). The van der Waals surface area contributed by atoms with Crippen molar-refractivity contribution < 1.29 is 9.90 Å². The predicted molar refractivity (Wildman–Crippen MR) is 72.1 cm³/mol. The fraction of sp³-hybridized carbons (Fsp3) is 0.571. The second kappa shape index (κ2) is 5.17. The third-order valence-corrected chi connectivity index (χ3v) is 4.30. The van der Waals surface area contributed by atoms with Gasteiger partial charge in [-0.05, 0) is 36.8 Å². The Morgan fingerprint density at radius 1 is 1.37 bits per heavy atom. The lowest BCUT2D eigenvalue weighted by Gasteiger charge is -2.17. The summed E-state index contributed by atoms with van der Waals surface area (Å²) in [7, 11) is 0. The summed E-state index contributed by atoms with van der Waals surface area (Å²) in [6.45, 7) is 3.17. The van der Waals surface area contributed by atoms with Crippen molar-refractivity contribution in [1.82, 2.24) is 9.88 Å². The average molecular weight is 261 g/mol. The molecule has 19 heavy (non-hydrogen) atoms. The third-order valence-electron chi connectivity index (χ3n) is 4.30. The van der Waals surface area contributed by atoms with Gasteiger partial charge in [0.15, 0.2) is 0 Å². The number of rotatable bonds is 4. The van der Waals surface area contributed by atoms with Crippen molar-refractivity contribution in [2.45, 2.75) is 19.3 Å². The highest BCUT2D eigenvalue weighted by Gasteiger charge is 2.35. The molecule has 2 fully saturated rings. The number of carboxylic acids is 1. The van der Waals surface area contributed by atoms with Crippen LogP contribution in [0.1, 0.15) is 29.6 Å². The number of pyridine rings is 1. The molecule has 0 aromatic carbocycles. The summed E-state index contributed by atoms with van der Waals surface area (Å²) in [5.74, 6) is 1.58. The Morgan fingerprint density at radius 3 is 2.68 bits per heavy atom. The first-order chi connectivity index (χ1) is 9.22. The number of hydrogen-bond donors (Lipinski definition) is 2. The Balaban J connectivity index is 1.51. The fourth-order valence-corrected chi connectivity index (χ4v) is 3.28. The largest absolute Gasteiger partial charge is 0.478 e. The van der Waals surface area contributed by atoms with Gasteiger partial charge in [-0.1, -0.05) is 6.42 Å². The van der Waals surface area contributed by atoms with E-state index in [2.05, 4.69) is 15.2 Å². The van der Waals surface area contributed by atoms with Crippen molar-refractivity contribution in [3.63, 3.8) is 0 Å². The molecule has 0 amide bonds. The number of carbonyl (C=O) groups is 1. The van der Waals surface area contributed by atoms with Crippen molar-refractivity contribution >= 4 is 11.8 Å². The van der Waals surface area contributed by atoms with Crippen LogP contribution < -0.4 is 5.32 Å². The van der Waals surface area contributed by atoms with Crippen molar-refractivity contribution in [1.29, 1.82) is 0 Å². The van der Waals surface area contributed by atoms with Crippen molar-refractivity contribution in [3.8, 4) is 0 Å². The molecular formula is C14H19N3O2. The van der Waals surface area contributed by atoms with Crippen LogP contribution >= 0.6 is 0 Å². The molecule has 0 spiro atoms. The highest BCUT2D eigenvalue weighted by atomic mass is 16.4. The molecule has 1 aromatic rings. The van der Waals surface area contributed by atoms with Crippen LogP contribution in [0, 0.1) is 11.8 Å². The zero-order valence-electron chi connectivity index (χ0n) is 10.9. The van der Waals surface area contributed by atoms with Gasteiger partial charge in [0.05, 0.1) is 12.2 Å². The maximum Gasteiger partial charge on any atom is 0.337 e. The van der Waals surface area contributed by atoms with Gasteiger partial charge in [-0.25, -0.2) is 9.78 Å². The summed E-state index contributed by atoms with van der Waals surface area (Å²) in [5.41, 5.74) is 0.223. The molecule has 2 heterocycles. The minimum atomic E-state index is -0.939. The molecule has 102 valence electrons. The van der Waals surface area contributed by atoms with Crippen LogP contribution in [0.25, 0.3) is 0 Å². The first kappa shape index (κ1) is 12.4. The summed E-state index contributed by atoms with van der Waals surface area (Å²) < 4.78 is 0. The summed E-state index contributed by atoms with van der Waals surface area (Å²) in [5, 5.41) is 12.1. The maximum atomic E-state index is 10.7. The quantitative estimate of drug-likeness (QED) is 0.866. The van der Waals surface area contributed by atoms with E-state index in [1.807, 2.05) is 0 Å². The molecule has 0 unspecified atom stereocenters. The Labute approximate surface area is 112 Å². The number of aromatic nitrogens is 1. The summed E-state index contributed by atoms with van der Waals surface area (Å²) >= 11 is 0. The summed E-state index contributed by atoms with van der Waals surface area (Å²) in [6, 6.07) is 3.30. The maximum absolute atomic E-state index is 10.7. The Bertz CT molecular complexity index is 448. The minimum absolute atomic E-state index is 0.223. The van der Waals surface area contributed by atoms with E-state index >= 15 is 0 Å². The lowest BCUT2D eigenvalue weighted by atomic mass is 10.0. The van der Waals surface area contributed by atoms with Gasteiger partial charge in [0.2, 0.25) is 0 Å². The molecule has 0 bridgehead atoms. The van der Waals surface area contributed by atoms with E-state index in [-0.39, 0.29) is 5.56 Å². The molecule has 1 saturated heterocycles. The Morgan fingerprint density at radius 2 is 2.11 bits per heavy atom. The molecule has 5 nitrogen and oxygen atoms in total. The standard InChI is InChI=1S/C14H19N3O2/c18-14(19)10-4-5-13(15-6-10)16-9-17-7-11-2-1-3-12(11)8-17/h4-6,11-12H,1-3,7-9H2,(H,15,16)(H,18,19)/t11-,12+. The van der Waals surface area contributed by atoms with Gasteiger partial charge in [-0.15, -0.1) is 0 Å². The lowest BCUT2D eigenvalue weighted by molar-refractivity contribution is 0.0696. The average Bonchev–Trinajstić information content (AvgIpc) is 2.97. The van der Waals surface area contributed by atoms with Crippen molar-refractivity contribution in [2.24, 2.45) is 11.8 Å². The summed E-state index contributed by atoms with van der Waals surface area (Å²) in [4.78, 5) is 17.3. The number of anilines is 1. The number of aromatic carboxylic acids is 1. The normalized spacial score (nSPS) is 26.3. The zero-order chi connectivity index (χ0) is 13.2. The van der Waals surface area contributed by atoms with Crippen LogP contribution in [0.2, 0.25) is 0 Å². The zero-order valence-corrected chi connectivity index (χ0v) is 10.9. The molecule has 1 saturated carbocycles. The van der Waals surface area contributed by atoms with Gasteiger partial charge in [0.25, 0.3) is 0 Å². The number of nitrogens with one attached hydrogen (secondary N) is 1. The molecule has 2 N–H and O–H groups in total. The second-order valence-corrected chi connectivity index (χ2v) is 5.56. The van der Waals surface area contributed by atoms with E-state index in [1.54, 1.807) is 12.1 Å². The smallest absolute Gasteiger partial charge is 0.337 e. The van der Waals surface area contributed by atoms with Gasteiger partial charge >= 0.3 is 5.97 Å². The van der Waals surface area contributed by atoms with Crippen LogP contribution in [0.3, 0.4) is 0 Å². The van der Waals surface area contributed by atoms with Crippen molar-refractivity contribution in [2.75, 3.05) is 25.1 Å². The molecule has 0 radical (unpaired) electrons. The lowest BCUT2D eigenvalue weighted by Crippen LogP contribution is -2.28. The predicted octanol–water partition coefficient (Wildman–Crippen LogP) is 1.88. The third kappa shape index (κ3) is 2.71. The van der Waals surface area contributed by atoms with Crippen LogP contribution in [-0.4, -0.2) is 40.7 Å². The van der Waals surface area contributed by atoms with Crippen LogP contribution in [0.4, 0.5) is 5.82 Å². The number of hydrogen-bond acceptors (Lipinski definition) is 4. The van der Waals surface area contributed by atoms with E-state index in [0.29, 0.717) is 0 Å². The number of fused-ring (bicyclic) bond motifs is 1. The van der Waals surface area contributed by atoms with E-state index in [4.69, 9.17) is 5.11 Å². The number of likely N-dealkylation sites (tertiary alicyclic amines) is 1. The topological polar surface area (TPSA) is 65.5 Å². The second-order valence-electron chi connectivity index (χ2n) is 5.56. The molecule has 1 aliphatic carbocycles. The molecule has 2 aliphatic rings. The first-order valence-electron chi connectivity index (χ1n) is 6.88. The fourth-order valence-electron chi connectivity index (χ4n) is 3.28. The van der Waals surface area contributed by atoms with Gasteiger partial charge in [-0.3, -0.25) is 4.90 Å². The highest BCUT2D eigenvalue weighted by Crippen LogP contribution is 2.37. The first-order valence-corrected chi connectivity index (χ1v) is 6.88. The molecule has 2 atom stereocenters. The van der Waals surface area contributed by atoms with E-state index in [9.17, 15) is 4.79 Å². The van der Waals surface area contributed by atoms with Crippen LogP contribution in [-0.2, 0) is 0 Å². The van der Waals surface area contributed by atoms with Crippen LogP contribution in [0.5, 0.6) is 0 Å². The molecular weight excluding hydrogens is 242 g/mol. The van der Waals surface area contributed by atoms with E-state index in [1.165, 1.54) is 38.5 Å². The SMILES string of the molecule is O=C(O)c1ccc(NCN2C[C@H]3CCC[C@H]3C2)nc1. The summed E-state index contributed by atoms with van der Waals surface area (Å²) in [6.07, 6.45) is 5.55. The Kier molecular flexibility index (Phi) is 3.38. The van der Waals surface area contributed by atoms with Crippen molar-refractivity contribution in [3.05, 3.63) is 23.9 Å². The Hall–Kier alpha value is -1.62. The minimum Gasteiger partial charge on any atom is -0.478 e. The van der Waals surface area contributed by atoms with E-state index < -0.39 is 5.97 Å². The van der Waals surface area contributed by atoms with Gasteiger partial charge in [0, 0.05) is 19.3 Å². The van der Waals surface area contributed by atoms with Gasteiger partial charge in [0.1, 0.15) is 5.82 Å². The van der Waals surface area contributed by atoms with Gasteiger partial charge < -0.3 is 10.4 Å². The highest BCUT2D eigenvalue weighted by molar-refractivity contribution is 5.87. The number of carboxylic acid groups (broad SMARTS) is 1. The molecule has 5 heteroatoms. The van der Waals surface area contributed by atoms with E-state index in [0.717, 1.165) is 24.3 Å². The van der Waals surface area contributed by atoms with Crippen LogP contribution in [0.15, 0.2) is 18.3 Å². The van der Waals surface area contributed by atoms with Gasteiger partial charge in [-0.2, -0.15) is 0 Å².